The quantitative estimate of drug-likeness (QED) is 0.284. The lowest BCUT2D eigenvalue weighted by Gasteiger charge is -2.13. The van der Waals surface area contributed by atoms with Gasteiger partial charge in [0, 0.05) is 5.56 Å². The first-order valence-electron chi connectivity index (χ1n) is 9.01. The maximum atomic E-state index is 12.1. The molecular weight excluding hydrogens is 479 g/mol. The molecule has 3 aromatic rings. The van der Waals surface area contributed by atoms with Crippen LogP contribution in [0.5, 0.6) is 11.5 Å². The third-order valence-corrected chi connectivity index (χ3v) is 4.97. The number of ether oxygens (including phenoxy) is 2. The molecule has 0 saturated heterocycles. The highest BCUT2D eigenvalue weighted by atomic mass is 127. The molecule has 3 aromatic carbocycles. The van der Waals surface area contributed by atoms with Gasteiger partial charge < -0.3 is 9.47 Å². The molecule has 1 amide bonds. The molecule has 0 bridgehead atoms. The van der Waals surface area contributed by atoms with Crippen LogP contribution in [0.15, 0.2) is 71.8 Å². The Morgan fingerprint density at radius 3 is 2.52 bits per heavy atom. The van der Waals surface area contributed by atoms with Crippen molar-refractivity contribution in [3.05, 3.63) is 92.6 Å². The predicted octanol–water partition coefficient (Wildman–Crippen LogP) is 4.95. The number of methoxy groups -OCH3 is 1. The minimum absolute atomic E-state index is 0.259. The number of aryl methyl sites for hydroxylation is 1. The Kier molecular flexibility index (Phi) is 7.24. The molecular formula is C23H21IN2O3. The van der Waals surface area contributed by atoms with E-state index in [0.717, 1.165) is 20.3 Å². The van der Waals surface area contributed by atoms with E-state index >= 15 is 0 Å². The molecule has 0 aliphatic carbocycles. The van der Waals surface area contributed by atoms with E-state index in [0.29, 0.717) is 23.7 Å². The fourth-order valence-corrected chi connectivity index (χ4v) is 3.40. The number of hydrogen-bond donors (Lipinski definition) is 1. The fourth-order valence-electron chi connectivity index (χ4n) is 2.62. The maximum Gasteiger partial charge on any atom is 0.271 e. The van der Waals surface area contributed by atoms with Gasteiger partial charge in [-0.15, -0.1) is 0 Å². The van der Waals surface area contributed by atoms with Gasteiger partial charge in [0.25, 0.3) is 5.91 Å². The van der Waals surface area contributed by atoms with E-state index < -0.39 is 0 Å². The van der Waals surface area contributed by atoms with Gasteiger partial charge in [-0.1, -0.05) is 48.0 Å². The number of amides is 1. The average Bonchev–Trinajstić information content (AvgIpc) is 2.73. The molecule has 5 nitrogen and oxygen atoms in total. The summed E-state index contributed by atoms with van der Waals surface area (Å²) >= 11 is 2.20. The third-order valence-electron chi connectivity index (χ3n) is 4.17. The van der Waals surface area contributed by atoms with Crippen LogP contribution in [0.25, 0.3) is 0 Å². The van der Waals surface area contributed by atoms with E-state index in [1.54, 1.807) is 25.5 Å². The second-order valence-corrected chi connectivity index (χ2v) is 7.54. The molecule has 0 aliphatic rings. The van der Waals surface area contributed by atoms with Crippen LogP contribution >= 0.6 is 22.6 Å². The van der Waals surface area contributed by atoms with Crippen LogP contribution in [0, 0.1) is 10.5 Å². The summed E-state index contributed by atoms with van der Waals surface area (Å²) in [7, 11) is 1.60. The number of hydrogen-bond acceptors (Lipinski definition) is 4. The monoisotopic (exact) mass is 500 g/mol. The zero-order chi connectivity index (χ0) is 20.6. The van der Waals surface area contributed by atoms with Crippen molar-refractivity contribution in [3.8, 4) is 11.5 Å². The standard InChI is InChI=1S/C23H21IN2O3/c1-16-8-10-19(11-9-16)23(27)26-25-14-18-12-20(24)22(21(13-18)28-2)29-15-17-6-4-3-5-7-17/h3-14H,15H2,1-2H3,(H,26,27)/b25-14-. The number of benzene rings is 3. The molecule has 0 aromatic heterocycles. The van der Waals surface area contributed by atoms with E-state index in [4.69, 9.17) is 9.47 Å². The van der Waals surface area contributed by atoms with Crippen LogP contribution in [0.4, 0.5) is 0 Å². The number of nitrogens with zero attached hydrogens (tertiary/aromatic N) is 1. The van der Waals surface area contributed by atoms with E-state index in [-0.39, 0.29) is 5.91 Å². The van der Waals surface area contributed by atoms with Crippen LogP contribution in [0.3, 0.4) is 0 Å². The normalized spacial score (nSPS) is 10.7. The molecule has 0 radical (unpaired) electrons. The zero-order valence-electron chi connectivity index (χ0n) is 16.2. The third kappa shape index (κ3) is 5.80. The van der Waals surface area contributed by atoms with Crippen LogP contribution in [-0.4, -0.2) is 19.2 Å². The van der Waals surface area contributed by atoms with Crippen LogP contribution in [0.1, 0.15) is 27.0 Å². The summed E-state index contributed by atoms with van der Waals surface area (Å²) in [5.41, 5.74) is 6.07. The van der Waals surface area contributed by atoms with Crippen LogP contribution < -0.4 is 14.9 Å². The highest BCUT2D eigenvalue weighted by Gasteiger charge is 2.11. The Morgan fingerprint density at radius 1 is 1.10 bits per heavy atom. The molecule has 0 unspecified atom stereocenters. The van der Waals surface area contributed by atoms with Crippen LogP contribution in [0.2, 0.25) is 0 Å². The number of halogens is 1. The Labute approximate surface area is 183 Å². The highest BCUT2D eigenvalue weighted by Crippen LogP contribution is 2.34. The van der Waals surface area contributed by atoms with Crippen molar-refractivity contribution in [1.82, 2.24) is 5.43 Å². The van der Waals surface area contributed by atoms with Crippen molar-refractivity contribution >= 4 is 34.7 Å². The molecule has 6 heteroatoms. The van der Waals surface area contributed by atoms with E-state index in [2.05, 4.69) is 33.1 Å². The first-order chi connectivity index (χ1) is 14.1. The second kappa shape index (κ2) is 10.1. The van der Waals surface area contributed by atoms with Gasteiger partial charge in [-0.3, -0.25) is 4.79 Å². The molecule has 1 N–H and O–H groups in total. The molecule has 0 atom stereocenters. The number of carbonyl (C=O) groups is 1. The number of hydrazone groups is 1. The Balaban J connectivity index is 1.68. The highest BCUT2D eigenvalue weighted by molar-refractivity contribution is 14.1. The largest absolute Gasteiger partial charge is 0.493 e. The molecule has 0 spiro atoms. The first-order valence-corrected chi connectivity index (χ1v) is 10.1. The summed E-state index contributed by atoms with van der Waals surface area (Å²) in [6, 6.07) is 21.0. The minimum atomic E-state index is -0.259. The van der Waals surface area contributed by atoms with Gasteiger partial charge in [-0.05, 0) is 64.9 Å². The van der Waals surface area contributed by atoms with Gasteiger partial charge in [0.1, 0.15) is 6.61 Å². The summed E-state index contributed by atoms with van der Waals surface area (Å²) in [6.07, 6.45) is 1.58. The predicted molar refractivity (Wildman–Crippen MR) is 123 cm³/mol. The topological polar surface area (TPSA) is 59.9 Å². The molecule has 0 saturated carbocycles. The van der Waals surface area contributed by atoms with Gasteiger partial charge in [0.15, 0.2) is 11.5 Å². The summed E-state index contributed by atoms with van der Waals surface area (Å²) in [5.74, 6) is 1.03. The maximum absolute atomic E-state index is 12.1. The molecule has 148 valence electrons. The van der Waals surface area contributed by atoms with Gasteiger partial charge in [-0.2, -0.15) is 5.10 Å². The lowest BCUT2D eigenvalue weighted by atomic mass is 10.1. The summed E-state index contributed by atoms with van der Waals surface area (Å²) < 4.78 is 12.3. The first kappa shape index (κ1) is 20.9. The fraction of sp³-hybridized carbons (Fsp3) is 0.130. The van der Waals surface area contributed by atoms with Crippen molar-refractivity contribution in [2.24, 2.45) is 5.10 Å². The van der Waals surface area contributed by atoms with Crippen molar-refractivity contribution < 1.29 is 14.3 Å². The van der Waals surface area contributed by atoms with E-state index in [9.17, 15) is 4.79 Å². The van der Waals surface area contributed by atoms with Gasteiger partial charge in [0.05, 0.1) is 16.9 Å². The van der Waals surface area contributed by atoms with Crippen LogP contribution in [-0.2, 0) is 6.61 Å². The SMILES string of the molecule is COc1cc(/C=N\NC(=O)c2ccc(C)cc2)cc(I)c1OCc1ccccc1. The molecule has 0 aliphatic heterocycles. The average molecular weight is 500 g/mol. The van der Waals surface area contributed by atoms with Gasteiger partial charge in [-0.25, -0.2) is 5.43 Å². The molecule has 3 rings (SSSR count). The van der Waals surface area contributed by atoms with Crippen molar-refractivity contribution in [3.63, 3.8) is 0 Å². The Bertz CT molecular complexity index is 1000. The second-order valence-electron chi connectivity index (χ2n) is 6.37. The number of rotatable bonds is 7. The molecule has 0 heterocycles. The summed E-state index contributed by atoms with van der Waals surface area (Å²) in [4.78, 5) is 12.1. The Morgan fingerprint density at radius 2 is 1.83 bits per heavy atom. The minimum Gasteiger partial charge on any atom is -0.493 e. The number of carbonyl (C=O) groups excluding carboxylic acids is 1. The number of nitrogens with one attached hydrogen (secondary N) is 1. The van der Waals surface area contributed by atoms with Crippen molar-refractivity contribution in [2.45, 2.75) is 13.5 Å². The van der Waals surface area contributed by atoms with Gasteiger partial charge in [0.2, 0.25) is 0 Å². The van der Waals surface area contributed by atoms with Crippen molar-refractivity contribution in [2.75, 3.05) is 7.11 Å². The lowest BCUT2D eigenvalue weighted by Crippen LogP contribution is -2.17. The van der Waals surface area contributed by atoms with E-state index in [1.807, 2.05) is 61.5 Å². The van der Waals surface area contributed by atoms with Gasteiger partial charge >= 0.3 is 0 Å². The van der Waals surface area contributed by atoms with E-state index in [1.165, 1.54) is 0 Å². The summed E-state index contributed by atoms with van der Waals surface area (Å²) in [5, 5.41) is 4.06. The smallest absolute Gasteiger partial charge is 0.271 e. The Hall–Kier alpha value is -2.87. The molecule has 29 heavy (non-hydrogen) atoms. The zero-order valence-corrected chi connectivity index (χ0v) is 18.3. The van der Waals surface area contributed by atoms with Crippen molar-refractivity contribution in [1.29, 1.82) is 0 Å². The lowest BCUT2D eigenvalue weighted by molar-refractivity contribution is 0.0955. The summed E-state index contributed by atoms with van der Waals surface area (Å²) in [6.45, 7) is 2.43. The molecule has 0 fully saturated rings.